The van der Waals surface area contributed by atoms with E-state index in [1.54, 1.807) is 13.0 Å². The van der Waals surface area contributed by atoms with Gasteiger partial charge in [-0.25, -0.2) is 12.7 Å². The molecule has 9 heteroatoms. The van der Waals surface area contributed by atoms with E-state index in [0.29, 0.717) is 10.7 Å². The van der Waals surface area contributed by atoms with E-state index in [0.717, 1.165) is 11.1 Å². The predicted molar refractivity (Wildman–Crippen MR) is 115 cm³/mol. The summed E-state index contributed by atoms with van der Waals surface area (Å²) >= 11 is 0. The summed E-state index contributed by atoms with van der Waals surface area (Å²) < 4.78 is 26.3. The summed E-state index contributed by atoms with van der Waals surface area (Å²) in [7, 11) is -2.65. The SMILES string of the molecule is CC[C@@H](C(=O)NC)N(Cc1cccc(C)c1)C(=O)CN1C(=O)c2ccccc2S1(=O)=O. The fourth-order valence-corrected chi connectivity index (χ4v) is 5.21. The lowest BCUT2D eigenvalue weighted by atomic mass is 10.1. The summed E-state index contributed by atoms with van der Waals surface area (Å²) in [6, 6.07) is 12.5. The Morgan fingerprint density at radius 2 is 1.84 bits per heavy atom. The summed E-state index contributed by atoms with van der Waals surface area (Å²) in [5.74, 6) is -1.73. The number of nitrogens with one attached hydrogen (secondary N) is 1. The standard InChI is InChI=1S/C22H25N3O5S/c1-4-18(21(27)23-3)24(13-16-9-7-8-15(2)12-16)20(26)14-25-22(28)17-10-5-6-11-19(17)31(25,29)30/h5-12,18H,4,13-14H2,1-3H3,(H,23,27)/t18-/m0/s1. The lowest BCUT2D eigenvalue weighted by Crippen LogP contribution is -2.51. The van der Waals surface area contributed by atoms with Gasteiger partial charge in [-0.05, 0) is 31.0 Å². The molecule has 8 nitrogen and oxygen atoms in total. The van der Waals surface area contributed by atoms with Crippen LogP contribution in [0.25, 0.3) is 0 Å². The smallest absolute Gasteiger partial charge is 0.269 e. The molecule has 0 radical (unpaired) electrons. The molecule has 2 aromatic carbocycles. The van der Waals surface area contributed by atoms with E-state index in [2.05, 4.69) is 5.32 Å². The van der Waals surface area contributed by atoms with Gasteiger partial charge in [0.1, 0.15) is 17.5 Å². The number of hydrogen-bond donors (Lipinski definition) is 1. The Kier molecular flexibility index (Phi) is 6.45. The van der Waals surface area contributed by atoms with Crippen LogP contribution in [-0.2, 0) is 26.2 Å². The zero-order valence-electron chi connectivity index (χ0n) is 17.7. The van der Waals surface area contributed by atoms with Crippen LogP contribution in [0.3, 0.4) is 0 Å². The van der Waals surface area contributed by atoms with Crippen molar-refractivity contribution in [3.05, 3.63) is 65.2 Å². The van der Waals surface area contributed by atoms with E-state index in [1.165, 1.54) is 30.1 Å². The normalized spacial score (nSPS) is 15.3. The van der Waals surface area contributed by atoms with E-state index in [-0.39, 0.29) is 22.9 Å². The van der Waals surface area contributed by atoms with Gasteiger partial charge in [-0.2, -0.15) is 0 Å². The van der Waals surface area contributed by atoms with E-state index in [4.69, 9.17) is 0 Å². The molecule has 0 bridgehead atoms. The Labute approximate surface area is 181 Å². The van der Waals surface area contributed by atoms with Gasteiger partial charge < -0.3 is 10.2 Å². The third-order valence-electron chi connectivity index (χ3n) is 5.26. The van der Waals surface area contributed by atoms with Gasteiger partial charge in [-0.3, -0.25) is 14.4 Å². The first-order valence-electron chi connectivity index (χ1n) is 9.93. The molecule has 2 aromatic rings. The number of hydrogen-bond acceptors (Lipinski definition) is 5. The Balaban J connectivity index is 1.93. The number of benzene rings is 2. The van der Waals surface area contributed by atoms with Gasteiger partial charge in [-0.15, -0.1) is 0 Å². The molecule has 1 heterocycles. The maximum absolute atomic E-state index is 13.3. The Morgan fingerprint density at radius 3 is 2.45 bits per heavy atom. The molecule has 0 spiro atoms. The number of carbonyl (C=O) groups is 3. The van der Waals surface area contributed by atoms with Crippen molar-refractivity contribution < 1.29 is 22.8 Å². The summed E-state index contributed by atoms with van der Waals surface area (Å²) in [6.45, 7) is 3.12. The lowest BCUT2D eigenvalue weighted by molar-refractivity contribution is -0.141. The first-order valence-corrected chi connectivity index (χ1v) is 11.4. The number of likely N-dealkylation sites (N-methyl/N-ethyl adjacent to an activating group) is 1. The fourth-order valence-electron chi connectivity index (χ4n) is 3.69. The Bertz CT molecular complexity index is 1130. The molecular formula is C22H25N3O5S. The minimum atomic E-state index is -4.13. The molecule has 0 saturated carbocycles. The molecule has 3 amide bonds. The number of amides is 3. The zero-order valence-corrected chi connectivity index (χ0v) is 18.5. The highest BCUT2D eigenvalue weighted by Crippen LogP contribution is 2.30. The van der Waals surface area contributed by atoms with Gasteiger partial charge in [0, 0.05) is 13.6 Å². The third kappa shape index (κ3) is 4.32. The molecular weight excluding hydrogens is 418 g/mol. The van der Waals surface area contributed by atoms with E-state index in [9.17, 15) is 22.8 Å². The number of sulfonamides is 1. The quantitative estimate of drug-likeness (QED) is 0.701. The van der Waals surface area contributed by atoms with Gasteiger partial charge in [-0.1, -0.05) is 48.9 Å². The largest absolute Gasteiger partial charge is 0.357 e. The van der Waals surface area contributed by atoms with Crippen LogP contribution in [0.15, 0.2) is 53.4 Å². The van der Waals surface area contributed by atoms with Crippen LogP contribution in [0.1, 0.15) is 34.8 Å². The first-order chi connectivity index (χ1) is 14.7. The van der Waals surface area contributed by atoms with Gasteiger partial charge in [0.2, 0.25) is 11.8 Å². The van der Waals surface area contributed by atoms with Crippen LogP contribution in [-0.4, -0.2) is 55.0 Å². The maximum atomic E-state index is 13.3. The monoisotopic (exact) mass is 443 g/mol. The second kappa shape index (κ2) is 8.89. The van der Waals surface area contributed by atoms with Gasteiger partial charge in [0.05, 0.1) is 5.56 Å². The number of rotatable bonds is 7. The van der Waals surface area contributed by atoms with Crippen LogP contribution in [0.5, 0.6) is 0 Å². The molecule has 0 saturated heterocycles. The highest BCUT2D eigenvalue weighted by atomic mass is 32.2. The minimum absolute atomic E-state index is 0.0406. The predicted octanol–water partition coefficient (Wildman–Crippen LogP) is 1.69. The molecule has 1 aliphatic rings. The van der Waals surface area contributed by atoms with Gasteiger partial charge in [0.25, 0.3) is 15.9 Å². The average Bonchev–Trinajstić information content (AvgIpc) is 2.94. The summed E-state index contributed by atoms with van der Waals surface area (Å²) in [4.78, 5) is 39.6. The minimum Gasteiger partial charge on any atom is -0.357 e. The third-order valence-corrected chi connectivity index (χ3v) is 7.05. The second-order valence-electron chi connectivity index (χ2n) is 7.36. The molecule has 1 N–H and O–H groups in total. The van der Waals surface area contributed by atoms with Crippen molar-refractivity contribution >= 4 is 27.7 Å². The highest BCUT2D eigenvalue weighted by molar-refractivity contribution is 7.90. The van der Waals surface area contributed by atoms with Crippen molar-refractivity contribution in [3.63, 3.8) is 0 Å². The maximum Gasteiger partial charge on any atom is 0.269 e. The average molecular weight is 444 g/mol. The molecule has 1 aliphatic heterocycles. The van der Waals surface area contributed by atoms with Crippen molar-refractivity contribution in [1.82, 2.24) is 14.5 Å². The molecule has 0 aromatic heterocycles. The van der Waals surface area contributed by atoms with Crippen molar-refractivity contribution in [3.8, 4) is 0 Å². The topological polar surface area (TPSA) is 104 Å². The van der Waals surface area contributed by atoms with Gasteiger partial charge in [0.15, 0.2) is 0 Å². The number of nitrogens with zero attached hydrogens (tertiary/aromatic N) is 2. The van der Waals surface area contributed by atoms with E-state index in [1.807, 2.05) is 31.2 Å². The number of aryl methyl sites for hydroxylation is 1. The number of fused-ring (bicyclic) bond motifs is 1. The molecule has 0 fully saturated rings. The van der Waals surface area contributed by atoms with Gasteiger partial charge >= 0.3 is 0 Å². The van der Waals surface area contributed by atoms with Crippen molar-refractivity contribution in [2.75, 3.05) is 13.6 Å². The number of carbonyl (C=O) groups excluding carboxylic acids is 3. The lowest BCUT2D eigenvalue weighted by Gasteiger charge is -2.31. The summed E-state index contributed by atoms with van der Waals surface area (Å²) in [5, 5.41) is 2.55. The molecule has 0 aliphatic carbocycles. The van der Waals surface area contributed by atoms with Crippen LogP contribution >= 0.6 is 0 Å². The van der Waals surface area contributed by atoms with Crippen LogP contribution in [0.2, 0.25) is 0 Å². The molecule has 3 rings (SSSR count). The molecule has 0 unspecified atom stereocenters. The molecule has 1 atom stereocenters. The van der Waals surface area contributed by atoms with Crippen LogP contribution in [0, 0.1) is 6.92 Å². The molecule has 31 heavy (non-hydrogen) atoms. The van der Waals surface area contributed by atoms with E-state index >= 15 is 0 Å². The molecule has 164 valence electrons. The van der Waals surface area contributed by atoms with E-state index < -0.39 is 34.4 Å². The summed E-state index contributed by atoms with van der Waals surface area (Å²) in [5.41, 5.74) is 1.83. The van der Waals surface area contributed by atoms with Crippen LogP contribution in [0.4, 0.5) is 0 Å². The summed E-state index contributed by atoms with van der Waals surface area (Å²) in [6.07, 6.45) is 0.331. The van der Waals surface area contributed by atoms with Crippen molar-refractivity contribution in [1.29, 1.82) is 0 Å². The Morgan fingerprint density at radius 1 is 1.13 bits per heavy atom. The van der Waals surface area contributed by atoms with Crippen molar-refractivity contribution in [2.45, 2.75) is 37.8 Å². The first kappa shape index (κ1) is 22.5. The second-order valence-corrected chi connectivity index (χ2v) is 9.19. The Hall–Kier alpha value is -3.20. The van der Waals surface area contributed by atoms with Crippen molar-refractivity contribution in [2.24, 2.45) is 0 Å². The highest BCUT2D eigenvalue weighted by Gasteiger charge is 2.43. The van der Waals surface area contributed by atoms with Crippen LogP contribution < -0.4 is 5.32 Å². The fraction of sp³-hybridized carbons (Fsp3) is 0.318. The zero-order chi connectivity index (χ0) is 22.8.